The molecule has 1 aromatic rings. The molecule has 2 rings (SSSR count). The Hall–Kier alpha value is -1.31. The molecule has 25 heavy (non-hydrogen) atoms. The smallest absolute Gasteiger partial charge is 0.222 e. The molecule has 1 fully saturated rings. The van der Waals surface area contributed by atoms with E-state index in [1.807, 2.05) is 19.1 Å². The number of rotatable bonds is 7. The molecule has 0 atom stereocenters. The van der Waals surface area contributed by atoms with Crippen LogP contribution in [0.25, 0.3) is 0 Å². The van der Waals surface area contributed by atoms with Gasteiger partial charge in [-0.15, -0.1) is 0 Å². The molecule has 0 aromatic heterocycles. The van der Waals surface area contributed by atoms with Crippen molar-refractivity contribution in [3.05, 3.63) is 28.8 Å². The van der Waals surface area contributed by atoms with E-state index in [-0.39, 0.29) is 11.9 Å². The SMILES string of the molecule is Cc1cc(Cl)ccc1OCCCC(=O)N1CCC(NS(C)(=O)=O)CC1. The Labute approximate surface area is 154 Å². The minimum Gasteiger partial charge on any atom is -0.493 e. The minimum atomic E-state index is -3.19. The van der Waals surface area contributed by atoms with Crippen molar-refractivity contribution in [2.45, 2.75) is 38.6 Å². The lowest BCUT2D eigenvalue weighted by molar-refractivity contribution is -0.132. The second kappa shape index (κ2) is 8.87. The van der Waals surface area contributed by atoms with Crippen LogP contribution >= 0.6 is 11.6 Å². The lowest BCUT2D eigenvalue weighted by Gasteiger charge is -2.32. The van der Waals surface area contributed by atoms with E-state index in [0.29, 0.717) is 50.4 Å². The normalized spacial score (nSPS) is 16.0. The highest BCUT2D eigenvalue weighted by Crippen LogP contribution is 2.22. The molecular formula is C17H25ClN2O4S. The van der Waals surface area contributed by atoms with Crippen LogP contribution in [-0.4, -0.2) is 51.2 Å². The number of carbonyl (C=O) groups is 1. The van der Waals surface area contributed by atoms with Gasteiger partial charge in [-0.2, -0.15) is 0 Å². The molecule has 1 aliphatic rings. The summed E-state index contributed by atoms with van der Waals surface area (Å²) >= 11 is 5.91. The van der Waals surface area contributed by atoms with Crippen LogP contribution < -0.4 is 9.46 Å². The first kappa shape index (κ1) is 20.0. The summed E-state index contributed by atoms with van der Waals surface area (Å²) in [5.41, 5.74) is 0.972. The third-order valence-corrected chi connectivity index (χ3v) is 5.15. The van der Waals surface area contributed by atoms with E-state index in [1.165, 1.54) is 0 Å². The predicted octanol–water partition coefficient (Wildman–Crippen LogP) is 2.35. The number of hydrogen-bond donors (Lipinski definition) is 1. The number of hydrogen-bond acceptors (Lipinski definition) is 4. The first-order valence-electron chi connectivity index (χ1n) is 8.38. The Morgan fingerprint density at radius 3 is 2.64 bits per heavy atom. The molecule has 1 amide bonds. The summed E-state index contributed by atoms with van der Waals surface area (Å²) in [6, 6.07) is 5.38. The first-order valence-corrected chi connectivity index (χ1v) is 10.7. The standard InChI is InChI=1S/C17H25ClN2O4S/c1-13-12-14(18)5-6-16(13)24-11-3-4-17(21)20-9-7-15(8-10-20)19-25(2,22)23/h5-6,12,15,19H,3-4,7-11H2,1-2H3. The van der Waals surface area contributed by atoms with Crippen LogP contribution in [0.3, 0.4) is 0 Å². The molecule has 140 valence electrons. The van der Waals surface area contributed by atoms with Gasteiger partial charge < -0.3 is 9.64 Å². The highest BCUT2D eigenvalue weighted by atomic mass is 35.5. The Morgan fingerprint density at radius 1 is 1.36 bits per heavy atom. The van der Waals surface area contributed by atoms with Gasteiger partial charge >= 0.3 is 0 Å². The maximum absolute atomic E-state index is 12.2. The Kier molecular flexibility index (Phi) is 7.10. The Bertz CT molecular complexity index is 701. The molecule has 0 saturated carbocycles. The molecule has 1 N–H and O–H groups in total. The molecule has 1 saturated heterocycles. The fraction of sp³-hybridized carbons (Fsp3) is 0.588. The average molecular weight is 389 g/mol. The summed E-state index contributed by atoms with van der Waals surface area (Å²) in [4.78, 5) is 14.0. The minimum absolute atomic E-state index is 0.0738. The summed E-state index contributed by atoms with van der Waals surface area (Å²) < 4.78 is 30.8. The Balaban J connectivity index is 1.67. The van der Waals surface area contributed by atoms with Gasteiger partial charge in [-0.3, -0.25) is 4.79 Å². The molecule has 0 unspecified atom stereocenters. The number of halogens is 1. The third kappa shape index (κ3) is 6.84. The van der Waals surface area contributed by atoms with Crippen LogP contribution in [-0.2, 0) is 14.8 Å². The lowest BCUT2D eigenvalue weighted by Crippen LogP contribution is -2.46. The van der Waals surface area contributed by atoms with Crippen molar-refractivity contribution in [2.75, 3.05) is 26.0 Å². The maximum atomic E-state index is 12.2. The number of ether oxygens (including phenoxy) is 1. The second-order valence-electron chi connectivity index (χ2n) is 6.41. The Morgan fingerprint density at radius 2 is 2.04 bits per heavy atom. The monoisotopic (exact) mass is 388 g/mol. The zero-order valence-corrected chi connectivity index (χ0v) is 16.2. The molecule has 1 heterocycles. The molecule has 1 aromatic carbocycles. The molecule has 1 aliphatic heterocycles. The van der Waals surface area contributed by atoms with E-state index in [0.717, 1.165) is 17.6 Å². The van der Waals surface area contributed by atoms with Crippen LogP contribution in [0, 0.1) is 6.92 Å². The largest absolute Gasteiger partial charge is 0.493 e. The first-order chi connectivity index (χ1) is 11.7. The summed E-state index contributed by atoms with van der Waals surface area (Å²) in [5.74, 6) is 0.874. The van der Waals surface area contributed by atoms with E-state index in [2.05, 4.69) is 4.72 Å². The van der Waals surface area contributed by atoms with Crippen LogP contribution in [0.15, 0.2) is 18.2 Å². The van der Waals surface area contributed by atoms with Gasteiger partial charge in [0, 0.05) is 30.6 Å². The van der Waals surface area contributed by atoms with Crippen LogP contribution in [0.5, 0.6) is 5.75 Å². The van der Waals surface area contributed by atoms with Gasteiger partial charge in [-0.25, -0.2) is 13.1 Å². The lowest BCUT2D eigenvalue weighted by atomic mass is 10.1. The number of piperidine rings is 1. The summed E-state index contributed by atoms with van der Waals surface area (Å²) in [7, 11) is -3.19. The zero-order valence-electron chi connectivity index (χ0n) is 14.6. The number of benzene rings is 1. The fourth-order valence-electron chi connectivity index (χ4n) is 2.89. The van der Waals surface area contributed by atoms with Gasteiger partial charge in [0.1, 0.15) is 5.75 Å². The molecule has 0 radical (unpaired) electrons. The van der Waals surface area contributed by atoms with Gasteiger partial charge in [-0.05, 0) is 49.9 Å². The number of sulfonamides is 1. The molecular weight excluding hydrogens is 364 g/mol. The van der Waals surface area contributed by atoms with Crippen LogP contribution in [0.2, 0.25) is 5.02 Å². The number of likely N-dealkylation sites (tertiary alicyclic amines) is 1. The van der Waals surface area contributed by atoms with Crippen molar-refractivity contribution >= 4 is 27.5 Å². The van der Waals surface area contributed by atoms with Gasteiger partial charge in [0.15, 0.2) is 0 Å². The highest BCUT2D eigenvalue weighted by Gasteiger charge is 2.24. The van der Waals surface area contributed by atoms with Crippen molar-refractivity contribution in [3.8, 4) is 5.75 Å². The zero-order chi connectivity index (χ0) is 18.4. The molecule has 6 nitrogen and oxygen atoms in total. The van der Waals surface area contributed by atoms with Gasteiger partial charge in [-0.1, -0.05) is 11.6 Å². The van der Waals surface area contributed by atoms with Crippen molar-refractivity contribution in [2.24, 2.45) is 0 Å². The van der Waals surface area contributed by atoms with Crippen molar-refractivity contribution in [3.63, 3.8) is 0 Å². The van der Waals surface area contributed by atoms with Crippen LogP contribution in [0.1, 0.15) is 31.2 Å². The number of carbonyl (C=O) groups excluding carboxylic acids is 1. The molecule has 0 bridgehead atoms. The van der Waals surface area contributed by atoms with E-state index >= 15 is 0 Å². The summed E-state index contributed by atoms with van der Waals surface area (Å²) in [6.45, 7) is 3.58. The quantitative estimate of drug-likeness (QED) is 0.727. The van der Waals surface area contributed by atoms with Gasteiger partial charge in [0.25, 0.3) is 0 Å². The second-order valence-corrected chi connectivity index (χ2v) is 8.62. The number of aryl methyl sites for hydroxylation is 1. The van der Waals surface area contributed by atoms with E-state index in [9.17, 15) is 13.2 Å². The topological polar surface area (TPSA) is 75.7 Å². The average Bonchev–Trinajstić information content (AvgIpc) is 2.52. The van der Waals surface area contributed by atoms with E-state index in [4.69, 9.17) is 16.3 Å². The fourth-order valence-corrected chi connectivity index (χ4v) is 3.96. The predicted molar refractivity (Wildman–Crippen MR) is 98.5 cm³/mol. The van der Waals surface area contributed by atoms with Gasteiger partial charge in [0.2, 0.25) is 15.9 Å². The van der Waals surface area contributed by atoms with E-state index in [1.54, 1.807) is 11.0 Å². The van der Waals surface area contributed by atoms with Crippen molar-refractivity contribution < 1.29 is 17.9 Å². The molecule has 8 heteroatoms. The number of nitrogens with zero attached hydrogens (tertiary/aromatic N) is 1. The summed E-state index contributed by atoms with van der Waals surface area (Å²) in [5, 5.41) is 0.675. The van der Waals surface area contributed by atoms with Gasteiger partial charge in [0.05, 0.1) is 12.9 Å². The molecule has 0 spiro atoms. The highest BCUT2D eigenvalue weighted by molar-refractivity contribution is 7.88. The number of amides is 1. The molecule has 0 aliphatic carbocycles. The number of nitrogens with one attached hydrogen (secondary N) is 1. The van der Waals surface area contributed by atoms with E-state index < -0.39 is 10.0 Å². The summed E-state index contributed by atoms with van der Waals surface area (Å²) in [6.07, 6.45) is 3.53. The van der Waals surface area contributed by atoms with Crippen LogP contribution in [0.4, 0.5) is 0 Å². The maximum Gasteiger partial charge on any atom is 0.222 e. The third-order valence-electron chi connectivity index (χ3n) is 4.16. The van der Waals surface area contributed by atoms with Crippen molar-refractivity contribution in [1.29, 1.82) is 0 Å². The van der Waals surface area contributed by atoms with Crippen molar-refractivity contribution in [1.82, 2.24) is 9.62 Å².